The molecule has 2 aromatic heterocycles. The molecule has 0 spiro atoms. The quantitative estimate of drug-likeness (QED) is 0.787. The standard InChI is InChI=1S/C16H16N4/c17-9-8-13-6-7-16(18-10-13)20-12-15(11-19-20)14-4-2-1-3-5-14/h1-7,10-12H,8-9,17H2. The van der Waals surface area contributed by atoms with Crippen LogP contribution in [0.3, 0.4) is 0 Å². The highest BCUT2D eigenvalue weighted by Gasteiger charge is 2.04. The van der Waals surface area contributed by atoms with Gasteiger partial charge in [-0.25, -0.2) is 9.67 Å². The topological polar surface area (TPSA) is 56.7 Å². The lowest BCUT2D eigenvalue weighted by Gasteiger charge is -2.02. The van der Waals surface area contributed by atoms with Gasteiger partial charge < -0.3 is 5.73 Å². The molecule has 0 aliphatic heterocycles. The zero-order chi connectivity index (χ0) is 13.8. The molecule has 4 heteroatoms. The highest BCUT2D eigenvalue weighted by Crippen LogP contribution is 2.19. The lowest BCUT2D eigenvalue weighted by Crippen LogP contribution is -2.04. The number of benzene rings is 1. The first kappa shape index (κ1) is 12.6. The molecular formula is C16H16N4. The van der Waals surface area contributed by atoms with Gasteiger partial charge in [-0.3, -0.25) is 0 Å². The van der Waals surface area contributed by atoms with E-state index in [4.69, 9.17) is 5.73 Å². The van der Waals surface area contributed by atoms with Crippen molar-refractivity contribution in [1.82, 2.24) is 14.8 Å². The maximum absolute atomic E-state index is 5.53. The van der Waals surface area contributed by atoms with Crippen molar-refractivity contribution < 1.29 is 0 Å². The number of nitrogens with zero attached hydrogens (tertiary/aromatic N) is 3. The fourth-order valence-electron chi connectivity index (χ4n) is 2.09. The number of nitrogens with two attached hydrogens (primary N) is 1. The lowest BCUT2D eigenvalue weighted by atomic mass is 10.1. The summed E-state index contributed by atoms with van der Waals surface area (Å²) >= 11 is 0. The Bertz CT molecular complexity index is 671. The normalized spacial score (nSPS) is 10.7. The van der Waals surface area contributed by atoms with Gasteiger partial charge >= 0.3 is 0 Å². The molecule has 0 saturated heterocycles. The average molecular weight is 264 g/mol. The van der Waals surface area contributed by atoms with Crippen molar-refractivity contribution >= 4 is 0 Å². The van der Waals surface area contributed by atoms with Gasteiger partial charge in [-0.2, -0.15) is 5.10 Å². The minimum atomic E-state index is 0.640. The van der Waals surface area contributed by atoms with Gasteiger partial charge in [0.1, 0.15) is 0 Å². The first-order valence-electron chi connectivity index (χ1n) is 6.62. The zero-order valence-corrected chi connectivity index (χ0v) is 11.1. The van der Waals surface area contributed by atoms with Crippen molar-refractivity contribution in [1.29, 1.82) is 0 Å². The van der Waals surface area contributed by atoms with Crippen LogP contribution in [0.15, 0.2) is 61.1 Å². The Morgan fingerprint density at radius 1 is 0.950 bits per heavy atom. The zero-order valence-electron chi connectivity index (χ0n) is 11.1. The second-order valence-corrected chi connectivity index (χ2v) is 4.60. The van der Waals surface area contributed by atoms with Gasteiger partial charge in [-0.15, -0.1) is 0 Å². The van der Waals surface area contributed by atoms with Gasteiger partial charge in [-0.05, 0) is 30.2 Å². The Kier molecular flexibility index (Phi) is 3.56. The van der Waals surface area contributed by atoms with Gasteiger partial charge in [0.15, 0.2) is 5.82 Å². The first-order chi connectivity index (χ1) is 9.86. The highest BCUT2D eigenvalue weighted by atomic mass is 15.3. The largest absolute Gasteiger partial charge is 0.330 e. The molecule has 0 aliphatic carbocycles. The predicted octanol–water partition coefficient (Wildman–Crippen LogP) is 2.44. The van der Waals surface area contributed by atoms with Crippen molar-refractivity contribution in [2.45, 2.75) is 6.42 Å². The summed E-state index contributed by atoms with van der Waals surface area (Å²) < 4.78 is 1.79. The first-order valence-corrected chi connectivity index (χ1v) is 6.62. The highest BCUT2D eigenvalue weighted by molar-refractivity contribution is 5.61. The molecule has 2 N–H and O–H groups in total. The van der Waals surface area contributed by atoms with Crippen LogP contribution in [0.5, 0.6) is 0 Å². The van der Waals surface area contributed by atoms with E-state index in [1.807, 2.05) is 48.9 Å². The Labute approximate surface area is 117 Å². The Morgan fingerprint density at radius 2 is 1.80 bits per heavy atom. The summed E-state index contributed by atoms with van der Waals surface area (Å²) in [7, 11) is 0. The average Bonchev–Trinajstić information content (AvgIpc) is 2.99. The monoisotopic (exact) mass is 264 g/mol. The number of pyridine rings is 1. The number of hydrogen-bond acceptors (Lipinski definition) is 3. The minimum absolute atomic E-state index is 0.640. The third kappa shape index (κ3) is 2.60. The molecule has 20 heavy (non-hydrogen) atoms. The molecule has 2 heterocycles. The lowest BCUT2D eigenvalue weighted by molar-refractivity contribution is 0.841. The molecule has 4 nitrogen and oxygen atoms in total. The molecule has 0 aliphatic rings. The number of rotatable bonds is 4. The smallest absolute Gasteiger partial charge is 0.153 e. The van der Waals surface area contributed by atoms with E-state index in [2.05, 4.69) is 22.2 Å². The summed E-state index contributed by atoms with van der Waals surface area (Å²) in [4.78, 5) is 4.42. The minimum Gasteiger partial charge on any atom is -0.330 e. The third-order valence-electron chi connectivity index (χ3n) is 3.17. The summed E-state index contributed by atoms with van der Waals surface area (Å²) in [5.41, 5.74) is 8.91. The summed E-state index contributed by atoms with van der Waals surface area (Å²) in [6.07, 6.45) is 6.54. The fourth-order valence-corrected chi connectivity index (χ4v) is 2.09. The van der Waals surface area contributed by atoms with E-state index in [9.17, 15) is 0 Å². The maximum Gasteiger partial charge on any atom is 0.153 e. The predicted molar refractivity (Wildman–Crippen MR) is 79.6 cm³/mol. The van der Waals surface area contributed by atoms with Crippen molar-refractivity contribution in [3.8, 4) is 16.9 Å². The van der Waals surface area contributed by atoms with Crippen molar-refractivity contribution in [2.75, 3.05) is 6.54 Å². The SMILES string of the molecule is NCCc1ccc(-n2cc(-c3ccccc3)cn2)nc1. The fraction of sp³-hybridized carbons (Fsp3) is 0.125. The van der Waals surface area contributed by atoms with E-state index in [1.165, 1.54) is 0 Å². The summed E-state index contributed by atoms with van der Waals surface area (Å²) in [5.74, 6) is 0.813. The van der Waals surface area contributed by atoms with Gasteiger partial charge in [0.2, 0.25) is 0 Å². The number of hydrogen-bond donors (Lipinski definition) is 1. The van der Waals surface area contributed by atoms with Crippen LogP contribution in [-0.2, 0) is 6.42 Å². The van der Waals surface area contributed by atoms with Gasteiger partial charge in [0.25, 0.3) is 0 Å². The summed E-state index contributed by atoms with van der Waals surface area (Å²) in [6.45, 7) is 0.640. The molecule has 0 bridgehead atoms. The van der Waals surface area contributed by atoms with Crippen molar-refractivity contribution in [3.63, 3.8) is 0 Å². The Morgan fingerprint density at radius 3 is 2.50 bits per heavy atom. The van der Waals surface area contributed by atoms with Crippen LogP contribution in [0.2, 0.25) is 0 Å². The van der Waals surface area contributed by atoms with Crippen LogP contribution in [0.25, 0.3) is 16.9 Å². The Balaban J connectivity index is 1.86. The van der Waals surface area contributed by atoms with Crippen LogP contribution in [-0.4, -0.2) is 21.3 Å². The van der Waals surface area contributed by atoms with E-state index < -0.39 is 0 Å². The molecule has 100 valence electrons. The molecule has 0 fully saturated rings. The summed E-state index contributed by atoms with van der Waals surface area (Å²) in [5, 5.41) is 4.37. The molecule has 0 unspecified atom stereocenters. The second kappa shape index (κ2) is 5.67. The van der Waals surface area contributed by atoms with Crippen LogP contribution in [0.4, 0.5) is 0 Å². The molecule has 0 atom stereocenters. The van der Waals surface area contributed by atoms with E-state index in [0.29, 0.717) is 6.54 Å². The Hall–Kier alpha value is -2.46. The molecular weight excluding hydrogens is 248 g/mol. The molecule has 0 saturated carbocycles. The van der Waals surface area contributed by atoms with Crippen molar-refractivity contribution in [2.24, 2.45) is 5.73 Å². The molecule has 0 radical (unpaired) electrons. The second-order valence-electron chi connectivity index (χ2n) is 4.60. The number of aromatic nitrogens is 3. The molecule has 0 amide bonds. The summed E-state index contributed by atoms with van der Waals surface area (Å²) in [6, 6.07) is 14.2. The van der Waals surface area contributed by atoms with E-state index >= 15 is 0 Å². The third-order valence-corrected chi connectivity index (χ3v) is 3.17. The van der Waals surface area contributed by atoms with Crippen LogP contribution < -0.4 is 5.73 Å². The molecule has 3 rings (SSSR count). The van der Waals surface area contributed by atoms with E-state index in [1.54, 1.807) is 4.68 Å². The van der Waals surface area contributed by atoms with Gasteiger partial charge in [-0.1, -0.05) is 36.4 Å². The van der Waals surface area contributed by atoms with Crippen LogP contribution in [0.1, 0.15) is 5.56 Å². The van der Waals surface area contributed by atoms with Gasteiger partial charge in [0, 0.05) is 18.0 Å². The van der Waals surface area contributed by atoms with Crippen molar-refractivity contribution in [3.05, 3.63) is 66.6 Å². The maximum atomic E-state index is 5.53. The van der Waals surface area contributed by atoms with Gasteiger partial charge in [0.05, 0.1) is 6.20 Å². The van der Waals surface area contributed by atoms with E-state index in [-0.39, 0.29) is 0 Å². The van der Waals surface area contributed by atoms with E-state index in [0.717, 1.165) is 28.9 Å². The van der Waals surface area contributed by atoms with Crippen LogP contribution >= 0.6 is 0 Å². The van der Waals surface area contributed by atoms with Crippen LogP contribution in [0, 0.1) is 0 Å². The molecule has 3 aromatic rings. The molecule has 1 aromatic carbocycles.